The van der Waals surface area contributed by atoms with Gasteiger partial charge in [0.2, 0.25) is 0 Å². The van der Waals surface area contributed by atoms with Gasteiger partial charge in [0.1, 0.15) is 5.78 Å². The third-order valence-corrected chi connectivity index (χ3v) is 4.03. The highest BCUT2D eigenvalue weighted by molar-refractivity contribution is 5.82. The van der Waals surface area contributed by atoms with E-state index >= 15 is 0 Å². The average Bonchev–Trinajstić information content (AvgIpc) is 2.33. The number of carbonyl (C=O) groups excluding carboxylic acids is 1. The quantitative estimate of drug-likeness (QED) is 0.780. The first-order chi connectivity index (χ1) is 8.09. The maximum Gasteiger partial charge on any atom is 0.138 e. The van der Waals surface area contributed by atoms with Gasteiger partial charge in [-0.05, 0) is 19.4 Å². The zero-order valence-electron chi connectivity index (χ0n) is 10.9. The van der Waals surface area contributed by atoms with E-state index in [0.29, 0.717) is 24.3 Å². The summed E-state index contributed by atoms with van der Waals surface area (Å²) in [5.41, 5.74) is 1.33. The molecule has 2 rings (SSSR count). The lowest BCUT2D eigenvalue weighted by Crippen LogP contribution is -2.51. The van der Waals surface area contributed by atoms with Crippen molar-refractivity contribution >= 4 is 5.78 Å². The van der Waals surface area contributed by atoms with Gasteiger partial charge in [-0.2, -0.15) is 0 Å². The molecule has 1 saturated heterocycles. The molecular weight excluding hydrogens is 210 g/mol. The maximum atomic E-state index is 11.8. The van der Waals surface area contributed by atoms with Crippen LogP contribution in [0.25, 0.3) is 0 Å². The van der Waals surface area contributed by atoms with Crippen LogP contribution in [0, 0.1) is 5.92 Å². The standard InChI is InChI=1S/C15H21NO/c1-11-9-15(17)12(2)13(3)16(11)10-14-7-5-4-6-8-14/h4-8,11-13H,9-10H2,1-3H3/t11-,12-,13-/m0/s1. The molecule has 0 aliphatic carbocycles. The summed E-state index contributed by atoms with van der Waals surface area (Å²) < 4.78 is 0. The molecule has 1 aromatic rings. The lowest BCUT2D eigenvalue weighted by Gasteiger charge is -2.41. The predicted octanol–water partition coefficient (Wildman–Crippen LogP) is 2.87. The number of likely N-dealkylation sites (tertiary alicyclic amines) is 1. The number of hydrogen-bond donors (Lipinski definition) is 0. The Hall–Kier alpha value is -1.15. The number of piperidine rings is 1. The van der Waals surface area contributed by atoms with E-state index in [4.69, 9.17) is 0 Å². The highest BCUT2D eigenvalue weighted by atomic mass is 16.1. The summed E-state index contributed by atoms with van der Waals surface area (Å²) in [4.78, 5) is 14.2. The Labute approximate surface area is 104 Å². The van der Waals surface area contributed by atoms with Crippen molar-refractivity contribution in [3.63, 3.8) is 0 Å². The third-order valence-electron chi connectivity index (χ3n) is 4.03. The van der Waals surface area contributed by atoms with E-state index < -0.39 is 0 Å². The largest absolute Gasteiger partial charge is 0.299 e. The van der Waals surface area contributed by atoms with Gasteiger partial charge >= 0.3 is 0 Å². The summed E-state index contributed by atoms with van der Waals surface area (Å²) in [6.07, 6.45) is 0.693. The molecule has 1 fully saturated rings. The van der Waals surface area contributed by atoms with Crippen molar-refractivity contribution in [3.05, 3.63) is 35.9 Å². The van der Waals surface area contributed by atoms with Crippen molar-refractivity contribution < 1.29 is 4.79 Å². The molecule has 0 radical (unpaired) electrons. The van der Waals surface area contributed by atoms with E-state index in [1.807, 2.05) is 6.07 Å². The van der Waals surface area contributed by atoms with E-state index in [1.165, 1.54) is 5.56 Å². The van der Waals surface area contributed by atoms with Crippen LogP contribution >= 0.6 is 0 Å². The Morgan fingerprint density at radius 2 is 1.82 bits per heavy atom. The summed E-state index contributed by atoms with van der Waals surface area (Å²) in [5.74, 6) is 0.573. The fraction of sp³-hybridized carbons (Fsp3) is 0.533. The summed E-state index contributed by atoms with van der Waals surface area (Å²) in [6, 6.07) is 11.2. The second-order valence-electron chi connectivity index (χ2n) is 5.21. The lowest BCUT2D eigenvalue weighted by molar-refractivity contribution is -0.130. The van der Waals surface area contributed by atoms with Gasteiger partial charge in [-0.25, -0.2) is 0 Å². The number of hydrogen-bond acceptors (Lipinski definition) is 2. The van der Waals surface area contributed by atoms with Crippen molar-refractivity contribution in [2.24, 2.45) is 5.92 Å². The minimum Gasteiger partial charge on any atom is -0.299 e. The second-order valence-corrected chi connectivity index (χ2v) is 5.21. The van der Waals surface area contributed by atoms with Crippen LogP contribution in [0.4, 0.5) is 0 Å². The van der Waals surface area contributed by atoms with Crippen molar-refractivity contribution in [2.75, 3.05) is 0 Å². The number of Topliss-reactive ketones (excluding diaryl/α,β-unsaturated/α-hetero) is 1. The molecular formula is C15H21NO. The molecule has 0 spiro atoms. The molecule has 2 nitrogen and oxygen atoms in total. The van der Waals surface area contributed by atoms with E-state index in [2.05, 4.69) is 49.9 Å². The first-order valence-corrected chi connectivity index (χ1v) is 6.42. The van der Waals surface area contributed by atoms with Gasteiger partial charge in [-0.3, -0.25) is 9.69 Å². The molecule has 92 valence electrons. The predicted molar refractivity (Wildman–Crippen MR) is 69.7 cm³/mol. The minimum absolute atomic E-state index is 0.162. The number of benzene rings is 1. The monoisotopic (exact) mass is 231 g/mol. The normalized spacial score (nSPS) is 30.5. The SMILES string of the molecule is C[C@@H]1C(=O)C[C@H](C)N(Cc2ccccc2)[C@H]1C. The van der Waals surface area contributed by atoms with Crippen LogP contribution < -0.4 is 0 Å². The van der Waals surface area contributed by atoms with Gasteiger partial charge in [0.15, 0.2) is 0 Å². The molecule has 0 unspecified atom stereocenters. The molecule has 0 aromatic heterocycles. The molecule has 1 aliphatic rings. The Morgan fingerprint density at radius 1 is 1.18 bits per heavy atom. The van der Waals surface area contributed by atoms with E-state index in [-0.39, 0.29) is 5.92 Å². The molecule has 1 aromatic carbocycles. The summed E-state index contributed by atoms with van der Waals surface area (Å²) in [6.45, 7) is 7.32. The van der Waals surface area contributed by atoms with Crippen molar-refractivity contribution in [2.45, 2.75) is 45.8 Å². The molecule has 1 heterocycles. The average molecular weight is 231 g/mol. The fourth-order valence-corrected chi connectivity index (χ4v) is 2.65. The lowest BCUT2D eigenvalue weighted by atomic mass is 9.86. The molecule has 0 N–H and O–H groups in total. The van der Waals surface area contributed by atoms with Crippen LogP contribution in [-0.4, -0.2) is 22.8 Å². The van der Waals surface area contributed by atoms with E-state index in [0.717, 1.165) is 6.54 Å². The second kappa shape index (κ2) is 5.01. The van der Waals surface area contributed by atoms with Crippen LogP contribution in [-0.2, 0) is 11.3 Å². The van der Waals surface area contributed by atoms with Crippen LogP contribution in [0.1, 0.15) is 32.8 Å². The highest BCUT2D eigenvalue weighted by Gasteiger charge is 2.35. The van der Waals surface area contributed by atoms with Crippen molar-refractivity contribution in [3.8, 4) is 0 Å². The number of carbonyl (C=O) groups is 1. The van der Waals surface area contributed by atoms with Gasteiger partial charge < -0.3 is 0 Å². The zero-order valence-corrected chi connectivity index (χ0v) is 10.9. The van der Waals surface area contributed by atoms with Gasteiger partial charge in [-0.15, -0.1) is 0 Å². The molecule has 0 saturated carbocycles. The van der Waals surface area contributed by atoms with Crippen LogP contribution in [0.5, 0.6) is 0 Å². The molecule has 17 heavy (non-hydrogen) atoms. The molecule has 0 amide bonds. The number of nitrogens with zero attached hydrogens (tertiary/aromatic N) is 1. The smallest absolute Gasteiger partial charge is 0.138 e. The van der Waals surface area contributed by atoms with E-state index in [1.54, 1.807) is 0 Å². The molecule has 1 aliphatic heterocycles. The van der Waals surface area contributed by atoms with Crippen LogP contribution in [0.2, 0.25) is 0 Å². The Bertz CT molecular complexity index is 387. The zero-order chi connectivity index (χ0) is 12.4. The summed E-state index contributed by atoms with van der Waals surface area (Å²) >= 11 is 0. The van der Waals surface area contributed by atoms with Gasteiger partial charge in [-0.1, -0.05) is 37.3 Å². The molecule has 3 atom stereocenters. The Morgan fingerprint density at radius 3 is 2.47 bits per heavy atom. The van der Waals surface area contributed by atoms with Gasteiger partial charge in [0, 0.05) is 31.0 Å². The fourth-order valence-electron chi connectivity index (χ4n) is 2.65. The van der Waals surface area contributed by atoms with Crippen LogP contribution in [0.15, 0.2) is 30.3 Å². The van der Waals surface area contributed by atoms with Crippen molar-refractivity contribution in [1.82, 2.24) is 4.90 Å². The topological polar surface area (TPSA) is 20.3 Å². The number of rotatable bonds is 2. The Kier molecular flexibility index (Phi) is 3.63. The maximum absolute atomic E-state index is 11.8. The first-order valence-electron chi connectivity index (χ1n) is 6.42. The summed E-state index contributed by atoms with van der Waals surface area (Å²) in [7, 11) is 0. The minimum atomic E-state index is 0.162. The highest BCUT2D eigenvalue weighted by Crippen LogP contribution is 2.26. The number of ketones is 1. The molecule has 2 heteroatoms. The van der Waals surface area contributed by atoms with Crippen molar-refractivity contribution in [1.29, 1.82) is 0 Å². The first kappa shape index (κ1) is 12.3. The Balaban J connectivity index is 2.12. The third kappa shape index (κ3) is 2.58. The van der Waals surface area contributed by atoms with E-state index in [9.17, 15) is 4.79 Å². The van der Waals surface area contributed by atoms with Crippen LogP contribution in [0.3, 0.4) is 0 Å². The summed E-state index contributed by atoms with van der Waals surface area (Å²) in [5, 5.41) is 0. The molecule has 0 bridgehead atoms. The van der Waals surface area contributed by atoms with Gasteiger partial charge in [0.25, 0.3) is 0 Å². The van der Waals surface area contributed by atoms with Gasteiger partial charge in [0.05, 0.1) is 0 Å².